The van der Waals surface area contributed by atoms with Gasteiger partial charge in [-0.3, -0.25) is 9.69 Å². The van der Waals surface area contributed by atoms with Gasteiger partial charge in [0.05, 0.1) is 0 Å². The Morgan fingerprint density at radius 2 is 1.57 bits per heavy atom. The number of hydrogen-bond acceptors (Lipinski definition) is 2. The molecule has 3 nitrogen and oxygen atoms in total. The number of amides is 1. The Bertz CT molecular complexity index is 474. The summed E-state index contributed by atoms with van der Waals surface area (Å²) in [6, 6.07) is 8.67. The first kappa shape index (κ1) is 15.3. The molecule has 1 saturated heterocycles. The van der Waals surface area contributed by atoms with Crippen molar-refractivity contribution in [1.29, 1.82) is 0 Å². The van der Waals surface area contributed by atoms with E-state index in [9.17, 15) is 4.79 Å². The fraction of sp³-hybridized carbons (Fsp3) is 0.588. The zero-order valence-electron chi connectivity index (χ0n) is 12.4. The van der Waals surface area contributed by atoms with E-state index in [2.05, 4.69) is 27.5 Å². The molecule has 0 radical (unpaired) electrons. The van der Waals surface area contributed by atoms with E-state index in [1.54, 1.807) is 0 Å². The van der Waals surface area contributed by atoms with Gasteiger partial charge in [-0.05, 0) is 59.7 Å². The summed E-state index contributed by atoms with van der Waals surface area (Å²) in [5, 5.41) is 0. The van der Waals surface area contributed by atoms with Crippen molar-refractivity contribution in [3.05, 3.63) is 33.4 Å². The third kappa shape index (κ3) is 3.77. The Hall–Kier alpha value is -0.620. The third-order valence-corrected chi connectivity index (χ3v) is 5.50. The number of halogens is 1. The van der Waals surface area contributed by atoms with E-state index in [1.165, 1.54) is 35.7 Å². The van der Waals surface area contributed by atoms with Gasteiger partial charge in [-0.1, -0.05) is 19.3 Å². The molecule has 2 aliphatic rings. The molecule has 3 rings (SSSR count). The van der Waals surface area contributed by atoms with Crippen molar-refractivity contribution in [3.8, 4) is 0 Å². The second-order valence-corrected chi connectivity index (χ2v) is 7.37. The Morgan fingerprint density at radius 3 is 2.19 bits per heavy atom. The van der Waals surface area contributed by atoms with E-state index in [0.29, 0.717) is 0 Å². The second-order valence-electron chi connectivity index (χ2n) is 6.13. The quantitative estimate of drug-likeness (QED) is 0.714. The molecule has 1 saturated carbocycles. The largest absolute Gasteiger partial charge is 0.336 e. The summed E-state index contributed by atoms with van der Waals surface area (Å²) in [5.41, 5.74) is 0.821. The lowest BCUT2D eigenvalue weighted by atomic mass is 9.94. The molecule has 0 N–H and O–H groups in total. The zero-order chi connectivity index (χ0) is 14.7. The van der Waals surface area contributed by atoms with Crippen LogP contribution in [0.3, 0.4) is 0 Å². The molecule has 21 heavy (non-hydrogen) atoms. The van der Waals surface area contributed by atoms with Gasteiger partial charge in [-0.25, -0.2) is 0 Å². The van der Waals surface area contributed by atoms with Crippen LogP contribution in [0.25, 0.3) is 0 Å². The summed E-state index contributed by atoms with van der Waals surface area (Å²) < 4.78 is 1.17. The summed E-state index contributed by atoms with van der Waals surface area (Å²) in [4.78, 5) is 17.1. The summed E-state index contributed by atoms with van der Waals surface area (Å²) in [6.07, 6.45) is 6.87. The summed E-state index contributed by atoms with van der Waals surface area (Å²) in [6.45, 7) is 3.84. The Morgan fingerprint density at radius 1 is 0.952 bits per heavy atom. The number of carbonyl (C=O) groups is 1. The number of benzene rings is 1. The minimum atomic E-state index is 0.190. The van der Waals surface area contributed by atoms with Gasteiger partial charge in [0, 0.05) is 41.4 Å². The van der Waals surface area contributed by atoms with Crippen LogP contribution in [0.15, 0.2) is 24.3 Å². The average molecular weight is 398 g/mol. The molecule has 1 aromatic carbocycles. The summed E-state index contributed by atoms with van der Waals surface area (Å²) in [7, 11) is 0. The first-order valence-corrected chi connectivity index (χ1v) is 9.11. The van der Waals surface area contributed by atoms with E-state index in [-0.39, 0.29) is 5.91 Å². The van der Waals surface area contributed by atoms with Crippen LogP contribution in [0.2, 0.25) is 0 Å². The van der Waals surface area contributed by atoms with Crippen LogP contribution in [0, 0.1) is 3.57 Å². The number of nitrogens with zero attached hydrogens (tertiary/aromatic N) is 2. The molecule has 1 aliphatic carbocycles. The van der Waals surface area contributed by atoms with Gasteiger partial charge in [0.15, 0.2) is 0 Å². The van der Waals surface area contributed by atoms with Crippen molar-refractivity contribution in [1.82, 2.24) is 9.80 Å². The lowest BCUT2D eigenvalue weighted by Crippen LogP contribution is -2.52. The highest BCUT2D eigenvalue weighted by Gasteiger charge is 2.27. The maximum Gasteiger partial charge on any atom is 0.253 e. The molecule has 0 atom stereocenters. The minimum Gasteiger partial charge on any atom is -0.336 e. The molecule has 0 aromatic heterocycles. The van der Waals surface area contributed by atoms with Crippen LogP contribution in [0.4, 0.5) is 0 Å². The Kier molecular flexibility index (Phi) is 5.16. The van der Waals surface area contributed by atoms with Gasteiger partial charge in [-0.15, -0.1) is 0 Å². The SMILES string of the molecule is O=C(c1ccc(I)cc1)N1CCN(C2CCCCC2)CC1. The fourth-order valence-corrected chi connectivity index (χ4v) is 3.87. The van der Waals surface area contributed by atoms with E-state index in [0.717, 1.165) is 37.8 Å². The van der Waals surface area contributed by atoms with Crippen molar-refractivity contribution in [2.24, 2.45) is 0 Å². The predicted molar refractivity (Wildman–Crippen MR) is 93.5 cm³/mol. The molecule has 0 unspecified atom stereocenters. The molecular weight excluding hydrogens is 375 g/mol. The number of rotatable bonds is 2. The molecule has 4 heteroatoms. The van der Waals surface area contributed by atoms with E-state index in [4.69, 9.17) is 0 Å². The monoisotopic (exact) mass is 398 g/mol. The minimum absolute atomic E-state index is 0.190. The van der Waals surface area contributed by atoms with Crippen molar-refractivity contribution in [3.63, 3.8) is 0 Å². The third-order valence-electron chi connectivity index (χ3n) is 4.78. The zero-order valence-corrected chi connectivity index (χ0v) is 14.6. The average Bonchev–Trinajstić information content (AvgIpc) is 2.56. The predicted octanol–water partition coefficient (Wildman–Crippen LogP) is 3.38. The normalized spacial score (nSPS) is 21.5. The van der Waals surface area contributed by atoms with Gasteiger partial charge in [0.1, 0.15) is 0 Å². The van der Waals surface area contributed by atoms with Gasteiger partial charge in [0.25, 0.3) is 5.91 Å². The van der Waals surface area contributed by atoms with Crippen molar-refractivity contribution in [2.45, 2.75) is 38.1 Å². The molecule has 0 bridgehead atoms. The molecule has 1 aliphatic heterocycles. The Labute approximate surface area is 140 Å². The molecule has 1 heterocycles. The highest BCUT2D eigenvalue weighted by molar-refractivity contribution is 14.1. The van der Waals surface area contributed by atoms with Crippen molar-refractivity contribution < 1.29 is 4.79 Å². The first-order chi connectivity index (χ1) is 10.2. The number of piperazine rings is 1. The van der Waals surface area contributed by atoms with Gasteiger partial charge in [-0.2, -0.15) is 0 Å². The van der Waals surface area contributed by atoms with Gasteiger partial charge in [0.2, 0.25) is 0 Å². The van der Waals surface area contributed by atoms with E-state index < -0.39 is 0 Å². The van der Waals surface area contributed by atoms with Crippen LogP contribution >= 0.6 is 22.6 Å². The molecule has 1 aromatic rings. The highest BCUT2D eigenvalue weighted by atomic mass is 127. The van der Waals surface area contributed by atoms with Gasteiger partial charge >= 0.3 is 0 Å². The van der Waals surface area contributed by atoms with Crippen molar-refractivity contribution in [2.75, 3.05) is 26.2 Å². The number of carbonyl (C=O) groups excluding carboxylic acids is 1. The van der Waals surface area contributed by atoms with Crippen LogP contribution < -0.4 is 0 Å². The first-order valence-electron chi connectivity index (χ1n) is 8.03. The maximum atomic E-state index is 12.5. The van der Waals surface area contributed by atoms with Gasteiger partial charge < -0.3 is 4.90 Å². The number of hydrogen-bond donors (Lipinski definition) is 0. The Balaban J connectivity index is 1.55. The second kappa shape index (κ2) is 7.09. The van der Waals surface area contributed by atoms with E-state index in [1.807, 2.05) is 29.2 Å². The van der Waals surface area contributed by atoms with Crippen molar-refractivity contribution >= 4 is 28.5 Å². The smallest absolute Gasteiger partial charge is 0.253 e. The lowest BCUT2D eigenvalue weighted by Gasteiger charge is -2.40. The molecule has 1 amide bonds. The molecule has 2 fully saturated rings. The van der Waals surface area contributed by atoms with Crippen LogP contribution in [-0.2, 0) is 0 Å². The summed E-state index contributed by atoms with van der Waals surface area (Å²) in [5.74, 6) is 0.190. The molecular formula is C17H23IN2O. The lowest BCUT2D eigenvalue weighted by molar-refractivity contribution is 0.0523. The van der Waals surface area contributed by atoms with Crippen LogP contribution in [0.5, 0.6) is 0 Å². The molecule has 0 spiro atoms. The fourth-order valence-electron chi connectivity index (χ4n) is 3.51. The highest BCUT2D eigenvalue weighted by Crippen LogP contribution is 2.23. The van der Waals surface area contributed by atoms with Crippen LogP contribution in [-0.4, -0.2) is 47.9 Å². The van der Waals surface area contributed by atoms with E-state index >= 15 is 0 Å². The summed E-state index contributed by atoms with van der Waals surface area (Å²) >= 11 is 2.27. The maximum absolute atomic E-state index is 12.5. The molecule has 114 valence electrons. The topological polar surface area (TPSA) is 23.6 Å². The van der Waals surface area contributed by atoms with Crippen LogP contribution in [0.1, 0.15) is 42.5 Å². The standard InChI is InChI=1S/C17H23IN2O/c18-15-8-6-14(7-9-15)17(21)20-12-10-19(11-13-20)16-4-2-1-3-5-16/h6-9,16H,1-5,10-13H2.